The Bertz CT molecular complexity index is 417. The van der Waals surface area contributed by atoms with Gasteiger partial charge in [0.2, 0.25) is 0 Å². The zero-order valence-electron chi connectivity index (χ0n) is 11.8. The van der Waals surface area contributed by atoms with E-state index in [0.717, 1.165) is 12.6 Å². The van der Waals surface area contributed by atoms with Gasteiger partial charge in [-0.2, -0.15) is 0 Å². The molecule has 2 heterocycles. The molecule has 104 valence electrons. The van der Waals surface area contributed by atoms with Gasteiger partial charge in [0.1, 0.15) is 5.75 Å². The van der Waals surface area contributed by atoms with Gasteiger partial charge in [-0.3, -0.25) is 9.80 Å². The molecule has 3 nitrogen and oxygen atoms in total. The predicted octanol–water partition coefficient (Wildman–Crippen LogP) is 2.45. The number of nitrogens with zero attached hydrogens (tertiary/aromatic N) is 2. The Kier molecular flexibility index (Phi) is 3.76. The second kappa shape index (κ2) is 5.51. The van der Waals surface area contributed by atoms with E-state index in [1.54, 1.807) is 12.1 Å². The highest BCUT2D eigenvalue weighted by atomic mass is 16.3. The van der Waals surface area contributed by atoms with Crippen LogP contribution >= 0.6 is 0 Å². The normalized spacial score (nSPS) is 29.1. The molecule has 0 bridgehead atoms. The molecule has 2 fully saturated rings. The zero-order chi connectivity index (χ0) is 13.2. The van der Waals surface area contributed by atoms with Crippen LogP contribution in [-0.4, -0.2) is 46.6 Å². The van der Waals surface area contributed by atoms with Crippen LogP contribution in [0.5, 0.6) is 5.75 Å². The maximum atomic E-state index is 9.35. The fourth-order valence-electron chi connectivity index (χ4n) is 3.47. The summed E-state index contributed by atoms with van der Waals surface area (Å²) in [5, 5.41) is 9.35. The van der Waals surface area contributed by atoms with Crippen molar-refractivity contribution >= 4 is 0 Å². The molecule has 1 aromatic rings. The summed E-state index contributed by atoms with van der Waals surface area (Å²) in [5.74, 6) is 0.355. The lowest BCUT2D eigenvalue weighted by atomic mass is 9.97. The molecule has 3 heteroatoms. The van der Waals surface area contributed by atoms with E-state index < -0.39 is 0 Å². The lowest BCUT2D eigenvalue weighted by Gasteiger charge is -2.47. The first kappa shape index (κ1) is 12.9. The minimum Gasteiger partial charge on any atom is -0.508 e. The standard InChI is InChI=1S/C16H24N2O/c1-13-10-17-9-3-2-4-15(17)12-18(13)11-14-5-7-16(19)8-6-14/h5-8,13,15,19H,2-4,9-12H2,1H3. The quantitative estimate of drug-likeness (QED) is 0.885. The number of fused-ring (bicyclic) bond motifs is 1. The summed E-state index contributed by atoms with van der Waals surface area (Å²) in [6.07, 6.45) is 4.13. The van der Waals surface area contributed by atoms with E-state index in [0.29, 0.717) is 11.8 Å². The molecule has 0 aromatic heterocycles. The van der Waals surface area contributed by atoms with Crippen LogP contribution in [0.4, 0.5) is 0 Å². The van der Waals surface area contributed by atoms with Crippen molar-refractivity contribution in [2.45, 2.75) is 44.8 Å². The van der Waals surface area contributed by atoms with E-state index in [1.807, 2.05) is 12.1 Å². The van der Waals surface area contributed by atoms with Gasteiger partial charge in [-0.1, -0.05) is 18.6 Å². The molecule has 0 spiro atoms. The Morgan fingerprint density at radius 2 is 1.95 bits per heavy atom. The SMILES string of the molecule is CC1CN2CCCCC2CN1Cc1ccc(O)cc1. The summed E-state index contributed by atoms with van der Waals surface area (Å²) in [6.45, 7) is 7.05. The van der Waals surface area contributed by atoms with E-state index in [9.17, 15) is 5.11 Å². The lowest BCUT2D eigenvalue weighted by molar-refractivity contribution is 0.0111. The fourth-order valence-corrected chi connectivity index (χ4v) is 3.47. The largest absolute Gasteiger partial charge is 0.508 e. The smallest absolute Gasteiger partial charge is 0.115 e. The van der Waals surface area contributed by atoms with Crippen molar-refractivity contribution in [1.82, 2.24) is 9.80 Å². The number of piperazine rings is 1. The number of benzene rings is 1. The number of phenols is 1. The summed E-state index contributed by atoms with van der Waals surface area (Å²) in [7, 11) is 0. The van der Waals surface area contributed by atoms with Crippen molar-refractivity contribution in [3.05, 3.63) is 29.8 Å². The van der Waals surface area contributed by atoms with Crippen LogP contribution in [0.15, 0.2) is 24.3 Å². The van der Waals surface area contributed by atoms with Gasteiger partial charge < -0.3 is 5.11 Å². The average Bonchev–Trinajstić information content (AvgIpc) is 2.42. The molecule has 19 heavy (non-hydrogen) atoms. The Hall–Kier alpha value is -1.06. The van der Waals surface area contributed by atoms with E-state index in [2.05, 4.69) is 16.7 Å². The molecule has 0 amide bonds. The van der Waals surface area contributed by atoms with Gasteiger partial charge in [-0.25, -0.2) is 0 Å². The molecule has 2 atom stereocenters. The van der Waals surface area contributed by atoms with Gasteiger partial charge in [-0.05, 0) is 44.0 Å². The molecule has 3 rings (SSSR count). The monoisotopic (exact) mass is 260 g/mol. The first-order valence-electron chi connectivity index (χ1n) is 7.48. The number of hydrogen-bond donors (Lipinski definition) is 1. The highest BCUT2D eigenvalue weighted by Gasteiger charge is 2.32. The number of rotatable bonds is 2. The van der Waals surface area contributed by atoms with E-state index >= 15 is 0 Å². The van der Waals surface area contributed by atoms with E-state index in [1.165, 1.54) is 44.5 Å². The molecule has 2 aliphatic heterocycles. The Morgan fingerprint density at radius 3 is 2.74 bits per heavy atom. The third kappa shape index (κ3) is 2.93. The highest BCUT2D eigenvalue weighted by molar-refractivity contribution is 5.25. The average molecular weight is 260 g/mol. The fraction of sp³-hybridized carbons (Fsp3) is 0.625. The lowest BCUT2D eigenvalue weighted by Crippen LogP contribution is -2.58. The van der Waals surface area contributed by atoms with Gasteiger partial charge >= 0.3 is 0 Å². The topological polar surface area (TPSA) is 26.7 Å². The number of hydrogen-bond acceptors (Lipinski definition) is 3. The van der Waals surface area contributed by atoms with Crippen molar-refractivity contribution in [3.8, 4) is 5.75 Å². The van der Waals surface area contributed by atoms with Crippen LogP contribution in [0.3, 0.4) is 0 Å². The van der Waals surface area contributed by atoms with Crippen LogP contribution in [0, 0.1) is 0 Å². The van der Waals surface area contributed by atoms with Crippen LogP contribution in [0.25, 0.3) is 0 Å². The van der Waals surface area contributed by atoms with Gasteiger partial charge in [0.15, 0.2) is 0 Å². The maximum absolute atomic E-state index is 9.35. The molecule has 0 saturated carbocycles. The molecule has 2 saturated heterocycles. The summed E-state index contributed by atoms with van der Waals surface area (Å²) in [4.78, 5) is 5.28. The molecular weight excluding hydrogens is 236 g/mol. The van der Waals surface area contributed by atoms with Gasteiger partial charge in [0.25, 0.3) is 0 Å². The molecular formula is C16H24N2O. The molecule has 0 radical (unpaired) electrons. The van der Waals surface area contributed by atoms with Crippen LogP contribution in [0.2, 0.25) is 0 Å². The van der Waals surface area contributed by atoms with Gasteiger partial charge in [-0.15, -0.1) is 0 Å². The summed E-state index contributed by atoms with van der Waals surface area (Å²) < 4.78 is 0. The van der Waals surface area contributed by atoms with Crippen molar-refractivity contribution < 1.29 is 5.11 Å². The van der Waals surface area contributed by atoms with Crippen LogP contribution in [0.1, 0.15) is 31.7 Å². The van der Waals surface area contributed by atoms with Gasteiger partial charge in [0, 0.05) is 31.7 Å². The minimum absolute atomic E-state index is 0.355. The van der Waals surface area contributed by atoms with Crippen molar-refractivity contribution in [3.63, 3.8) is 0 Å². The summed E-state index contributed by atoms with van der Waals surface area (Å²) >= 11 is 0. The zero-order valence-corrected chi connectivity index (χ0v) is 11.8. The van der Waals surface area contributed by atoms with E-state index in [4.69, 9.17) is 0 Å². The Balaban J connectivity index is 1.65. The first-order valence-corrected chi connectivity index (χ1v) is 7.48. The highest BCUT2D eigenvalue weighted by Crippen LogP contribution is 2.25. The van der Waals surface area contributed by atoms with Crippen molar-refractivity contribution in [2.75, 3.05) is 19.6 Å². The Morgan fingerprint density at radius 1 is 1.16 bits per heavy atom. The van der Waals surface area contributed by atoms with Crippen molar-refractivity contribution in [2.24, 2.45) is 0 Å². The van der Waals surface area contributed by atoms with Gasteiger partial charge in [0.05, 0.1) is 0 Å². The molecule has 1 N–H and O–H groups in total. The second-order valence-electron chi connectivity index (χ2n) is 6.09. The van der Waals surface area contributed by atoms with E-state index in [-0.39, 0.29) is 0 Å². The predicted molar refractivity (Wildman–Crippen MR) is 77.2 cm³/mol. The number of phenolic OH excluding ortho intramolecular Hbond substituents is 1. The summed E-state index contributed by atoms with van der Waals surface area (Å²) in [5.41, 5.74) is 1.30. The summed E-state index contributed by atoms with van der Waals surface area (Å²) in [6, 6.07) is 9.04. The third-order valence-corrected chi connectivity index (χ3v) is 4.64. The minimum atomic E-state index is 0.355. The van der Waals surface area contributed by atoms with Crippen LogP contribution in [-0.2, 0) is 6.54 Å². The maximum Gasteiger partial charge on any atom is 0.115 e. The second-order valence-corrected chi connectivity index (χ2v) is 6.09. The molecule has 0 aliphatic carbocycles. The number of aromatic hydroxyl groups is 1. The third-order valence-electron chi connectivity index (χ3n) is 4.64. The molecule has 1 aromatic carbocycles. The molecule has 2 unspecified atom stereocenters. The Labute approximate surface area is 115 Å². The molecule has 2 aliphatic rings. The first-order chi connectivity index (χ1) is 9.22. The number of piperidine rings is 1. The van der Waals surface area contributed by atoms with Crippen molar-refractivity contribution in [1.29, 1.82) is 0 Å². The van der Waals surface area contributed by atoms with Crippen LogP contribution < -0.4 is 0 Å².